The van der Waals surface area contributed by atoms with Crippen LogP contribution >= 0.6 is 0 Å². The van der Waals surface area contributed by atoms with Crippen molar-refractivity contribution in [1.82, 2.24) is 4.31 Å². The molecule has 4 rings (SSSR count). The number of ether oxygens (including phenoxy) is 2. The molecule has 2 aromatic carbocycles. The van der Waals surface area contributed by atoms with Gasteiger partial charge < -0.3 is 9.47 Å². The van der Waals surface area contributed by atoms with Gasteiger partial charge in [-0.2, -0.15) is 0 Å². The van der Waals surface area contributed by atoms with Crippen LogP contribution in [0, 0.1) is 11.7 Å². The van der Waals surface area contributed by atoms with E-state index in [1.165, 1.54) is 22.7 Å². The van der Waals surface area contributed by atoms with Crippen LogP contribution in [-0.4, -0.2) is 53.0 Å². The van der Waals surface area contributed by atoms with Crippen molar-refractivity contribution in [3.8, 4) is 22.6 Å². The van der Waals surface area contributed by atoms with Crippen molar-refractivity contribution in [2.75, 3.05) is 31.9 Å². The summed E-state index contributed by atoms with van der Waals surface area (Å²) < 4.78 is 73.7. The molecule has 2 heterocycles. The molecule has 0 radical (unpaired) electrons. The number of benzene rings is 2. The second-order valence-electron chi connectivity index (χ2n) is 7.60. The molecule has 0 bridgehead atoms. The van der Waals surface area contributed by atoms with E-state index >= 15 is 0 Å². The van der Waals surface area contributed by atoms with E-state index in [4.69, 9.17) is 9.47 Å². The number of piperidine rings is 1. The third kappa shape index (κ3) is 4.30. The minimum Gasteiger partial charge on any atom is -0.490 e. The van der Waals surface area contributed by atoms with Crippen LogP contribution in [0.1, 0.15) is 12.8 Å². The first-order chi connectivity index (χ1) is 14.1. The highest BCUT2D eigenvalue weighted by molar-refractivity contribution is 7.91. The maximum atomic E-state index is 14.6. The van der Waals surface area contributed by atoms with E-state index in [0.717, 1.165) is 0 Å². The molecule has 2 aromatic rings. The van der Waals surface area contributed by atoms with E-state index in [1.807, 2.05) is 0 Å². The SMILES string of the molecule is CS(=O)(=O)N1CCC(COc2ccc(-c3ccc4c(c3)OCS4(=O)=O)cc2F)CC1. The molecular formula is C20H22FNO6S2. The van der Waals surface area contributed by atoms with Gasteiger partial charge in [-0.15, -0.1) is 0 Å². The molecular weight excluding hydrogens is 433 g/mol. The maximum Gasteiger partial charge on any atom is 0.216 e. The molecule has 0 spiro atoms. The fourth-order valence-electron chi connectivity index (χ4n) is 3.67. The minimum atomic E-state index is -3.40. The lowest BCUT2D eigenvalue weighted by Gasteiger charge is -2.30. The molecule has 30 heavy (non-hydrogen) atoms. The lowest BCUT2D eigenvalue weighted by atomic mass is 9.99. The number of rotatable bonds is 5. The van der Waals surface area contributed by atoms with Crippen molar-refractivity contribution < 1.29 is 30.7 Å². The molecule has 162 valence electrons. The largest absolute Gasteiger partial charge is 0.490 e. The lowest BCUT2D eigenvalue weighted by molar-refractivity contribution is 0.181. The fraction of sp³-hybridized carbons (Fsp3) is 0.400. The summed E-state index contributed by atoms with van der Waals surface area (Å²) in [4.78, 5) is 0.147. The van der Waals surface area contributed by atoms with Crippen LogP contribution in [0.3, 0.4) is 0 Å². The molecule has 7 nitrogen and oxygen atoms in total. The van der Waals surface area contributed by atoms with Crippen LogP contribution in [0.5, 0.6) is 11.5 Å². The van der Waals surface area contributed by atoms with Gasteiger partial charge in [0, 0.05) is 13.1 Å². The molecule has 0 aromatic heterocycles. The molecule has 0 saturated carbocycles. The van der Waals surface area contributed by atoms with Crippen molar-refractivity contribution >= 4 is 19.9 Å². The first kappa shape index (κ1) is 21.1. The number of sulfone groups is 1. The van der Waals surface area contributed by atoms with Gasteiger partial charge in [-0.3, -0.25) is 0 Å². The second kappa shape index (κ2) is 7.82. The van der Waals surface area contributed by atoms with Crippen molar-refractivity contribution in [3.05, 3.63) is 42.2 Å². The van der Waals surface area contributed by atoms with E-state index in [1.54, 1.807) is 24.3 Å². The highest BCUT2D eigenvalue weighted by atomic mass is 32.2. The Morgan fingerprint density at radius 2 is 1.80 bits per heavy atom. The first-order valence-electron chi connectivity index (χ1n) is 9.51. The smallest absolute Gasteiger partial charge is 0.216 e. The molecule has 0 unspecified atom stereocenters. The van der Waals surface area contributed by atoms with Crippen molar-refractivity contribution in [1.29, 1.82) is 0 Å². The number of hydrogen-bond acceptors (Lipinski definition) is 6. The predicted octanol–water partition coefficient (Wildman–Crippen LogP) is 2.67. The van der Waals surface area contributed by atoms with Crippen LogP contribution in [0.2, 0.25) is 0 Å². The van der Waals surface area contributed by atoms with E-state index < -0.39 is 25.7 Å². The Labute approximate surface area is 175 Å². The number of sulfonamides is 1. The molecule has 10 heteroatoms. The first-order valence-corrected chi connectivity index (χ1v) is 13.0. The lowest BCUT2D eigenvalue weighted by Crippen LogP contribution is -2.39. The Bertz CT molecular complexity index is 1170. The third-order valence-electron chi connectivity index (χ3n) is 5.43. The van der Waals surface area contributed by atoms with Crippen molar-refractivity contribution in [2.45, 2.75) is 17.7 Å². The van der Waals surface area contributed by atoms with Crippen molar-refractivity contribution in [2.24, 2.45) is 5.92 Å². The molecule has 0 atom stereocenters. The summed E-state index contributed by atoms with van der Waals surface area (Å²) in [6, 6.07) is 9.27. The van der Waals surface area contributed by atoms with Gasteiger partial charge in [-0.1, -0.05) is 12.1 Å². The Kier molecular flexibility index (Phi) is 5.50. The van der Waals surface area contributed by atoms with Gasteiger partial charge in [0.25, 0.3) is 0 Å². The van der Waals surface area contributed by atoms with Gasteiger partial charge in [0.1, 0.15) is 10.6 Å². The number of hydrogen-bond donors (Lipinski definition) is 0. The molecule has 1 saturated heterocycles. The van der Waals surface area contributed by atoms with Gasteiger partial charge in [-0.25, -0.2) is 25.5 Å². The average Bonchev–Trinajstić information content (AvgIpc) is 3.01. The quantitative estimate of drug-likeness (QED) is 0.689. The van der Waals surface area contributed by atoms with Gasteiger partial charge in [0.05, 0.1) is 12.9 Å². The minimum absolute atomic E-state index is 0.129. The summed E-state index contributed by atoms with van der Waals surface area (Å²) in [6.07, 6.45) is 2.54. The Morgan fingerprint density at radius 1 is 1.13 bits per heavy atom. The van der Waals surface area contributed by atoms with Crippen LogP contribution in [-0.2, 0) is 19.9 Å². The molecule has 0 N–H and O–H groups in total. The van der Waals surface area contributed by atoms with E-state index in [2.05, 4.69) is 0 Å². The zero-order chi connectivity index (χ0) is 21.5. The van der Waals surface area contributed by atoms with Crippen LogP contribution in [0.25, 0.3) is 11.1 Å². The Balaban J connectivity index is 1.41. The molecule has 0 aliphatic carbocycles. The van der Waals surface area contributed by atoms with Gasteiger partial charge in [0.15, 0.2) is 17.5 Å². The zero-order valence-electron chi connectivity index (χ0n) is 16.4. The Morgan fingerprint density at radius 3 is 2.47 bits per heavy atom. The zero-order valence-corrected chi connectivity index (χ0v) is 18.0. The third-order valence-corrected chi connectivity index (χ3v) is 8.17. The van der Waals surface area contributed by atoms with E-state index in [0.29, 0.717) is 43.7 Å². The van der Waals surface area contributed by atoms with Gasteiger partial charge >= 0.3 is 0 Å². The van der Waals surface area contributed by atoms with Crippen LogP contribution in [0.15, 0.2) is 41.3 Å². The number of fused-ring (bicyclic) bond motifs is 1. The molecule has 2 aliphatic rings. The summed E-state index contributed by atoms with van der Waals surface area (Å²) in [7, 11) is -6.58. The summed E-state index contributed by atoms with van der Waals surface area (Å²) in [5, 5.41) is 0. The van der Waals surface area contributed by atoms with Crippen LogP contribution in [0.4, 0.5) is 4.39 Å². The summed E-state index contributed by atoms with van der Waals surface area (Å²) >= 11 is 0. The normalized spacial score (nSPS) is 19.3. The Hall–Kier alpha value is -2.17. The maximum absolute atomic E-state index is 14.6. The van der Waals surface area contributed by atoms with Crippen LogP contribution < -0.4 is 9.47 Å². The highest BCUT2D eigenvalue weighted by Gasteiger charge is 2.28. The van der Waals surface area contributed by atoms with Gasteiger partial charge in [-0.05, 0) is 54.2 Å². The second-order valence-corrected chi connectivity index (χ2v) is 11.5. The highest BCUT2D eigenvalue weighted by Crippen LogP contribution is 2.36. The summed E-state index contributed by atoms with van der Waals surface area (Å²) in [6.45, 7) is 1.22. The topological polar surface area (TPSA) is 90.0 Å². The van der Waals surface area contributed by atoms with Gasteiger partial charge in [0.2, 0.25) is 19.9 Å². The van der Waals surface area contributed by atoms with Crippen molar-refractivity contribution in [3.63, 3.8) is 0 Å². The number of nitrogens with zero attached hydrogens (tertiary/aromatic N) is 1. The predicted molar refractivity (Wildman–Crippen MR) is 109 cm³/mol. The summed E-state index contributed by atoms with van der Waals surface area (Å²) in [5.41, 5.74) is 1.22. The monoisotopic (exact) mass is 455 g/mol. The molecule has 0 amide bonds. The van der Waals surface area contributed by atoms with E-state index in [-0.39, 0.29) is 28.3 Å². The standard InChI is InChI=1S/C20H22FNO6S2/c1-29(23,24)22-8-6-14(7-9-22)12-27-18-4-2-15(10-17(18)21)16-3-5-20-19(11-16)28-13-30(20,25)26/h2-5,10-11,14H,6-9,12-13H2,1H3. The average molecular weight is 456 g/mol. The van der Waals surface area contributed by atoms with E-state index in [9.17, 15) is 21.2 Å². The molecule has 2 aliphatic heterocycles. The molecule has 1 fully saturated rings. The number of halogens is 1. The summed E-state index contributed by atoms with van der Waals surface area (Å²) in [5.74, 6) is -0.332. The fourth-order valence-corrected chi connectivity index (χ4v) is 5.66.